The molecule has 0 aliphatic heterocycles. The summed E-state index contributed by atoms with van der Waals surface area (Å²) < 4.78 is 34.3. The number of hydrogen-bond donors (Lipinski definition) is 1. The zero-order valence-electron chi connectivity index (χ0n) is 14.2. The van der Waals surface area contributed by atoms with Gasteiger partial charge in [-0.2, -0.15) is 5.10 Å². The molecule has 0 atom stereocenters. The number of hydrogen-bond acceptors (Lipinski definition) is 4. The van der Waals surface area contributed by atoms with Gasteiger partial charge >= 0.3 is 0 Å². The lowest BCUT2D eigenvalue weighted by Crippen LogP contribution is -2.28. The van der Waals surface area contributed by atoms with Crippen LogP contribution in [0.25, 0.3) is 0 Å². The van der Waals surface area contributed by atoms with Gasteiger partial charge in [-0.1, -0.05) is 0 Å². The molecule has 0 amide bonds. The van der Waals surface area contributed by atoms with E-state index in [-0.39, 0.29) is 11.4 Å². The largest absolute Gasteiger partial charge is 0.496 e. The van der Waals surface area contributed by atoms with E-state index in [2.05, 4.69) is 9.82 Å². The van der Waals surface area contributed by atoms with E-state index >= 15 is 0 Å². The first-order chi connectivity index (χ1) is 10.8. The Labute approximate surface area is 137 Å². The average Bonchev–Trinajstić information content (AvgIpc) is 2.74. The number of aromatic nitrogens is 2. The van der Waals surface area contributed by atoms with Crippen LogP contribution in [-0.4, -0.2) is 31.9 Å². The molecule has 23 heavy (non-hydrogen) atoms. The number of benzene rings is 1. The van der Waals surface area contributed by atoms with Crippen LogP contribution >= 0.6 is 0 Å². The molecule has 126 valence electrons. The van der Waals surface area contributed by atoms with Crippen LogP contribution in [0.4, 0.5) is 0 Å². The summed E-state index contributed by atoms with van der Waals surface area (Å²) in [4.78, 5) is 0.236. The standard InChI is InChI=1S/C16H23N3O3S/c1-11-10-15(6-7-16(11)22-5)23(20,21)17-8-9-19-14(4)12(2)13(3)18-19/h6-7,10,17H,8-9H2,1-5H3. The third-order valence-corrected chi connectivity index (χ3v) is 5.49. The van der Waals surface area contributed by atoms with Gasteiger partial charge in [0.1, 0.15) is 5.75 Å². The van der Waals surface area contributed by atoms with Gasteiger partial charge in [0.05, 0.1) is 24.2 Å². The van der Waals surface area contributed by atoms with Crippen LogP contribution in [0.2, 0.25) is 0 Å². The predicted molar refractivity (Wildman–Crippen MR) is 89.4 cm³/mol. The van der Waals surface area contributed by atoms with Crippen molar-refractivity contribution in [2.45, 2.75) is 39.1 Å². The molecular weight excluding hydrogens is 314 g/mol. The van der Waals surface area contributed by atoms with E-state index in [0.717, 1.165) is 22.5 Å². The summed E-state index contributed by atoms with van der Waals surface area (Å²) in [5.74, 6) is 0.669. The van der Waals surface area contributed by atoms with Crippen molar-refractivity contribution in [3.8, 4) is 5.75 Å². The first-order valence-electron chi connectivity index (χ1n) is 7.41. The second-order valence-electron chi connectivity index (χ2n) is 5.55. The summed E-state index contributed by atoms with van der Waals surface area (Å²) in [6.07, 6.45) is 0. The van der Waals surface area contributed by atoms with Crippen molar-refractivity contribution in [2.75, 3.05) is 13.7 Å². The Balaban J connectivity index is 2.07. The van der Waals surface area contributed by atoms with Gasteiger partial charge in [0.25, 0.3) is 0 Å². The monoisotopic (exact) mass is 337 g/mol. The Morgan fingerprint density at radius 2 is 1.91 bits per heavy atom. The second kappa shape index (κ2) is 6.72. The molecule has 1 aromatic heterocycles. The number of methoxy groups -OCH3 is 1. The SMILES string of the molecule is COc1ccc(S(=O)(=O)NCCn2nc(C)c(C)c2C)cc1C. The predicted octanol–water partition coefficient (Wildman–Crippen LogP) is 2.10. The van der Waals surface area contributed by atoms with Crippen molar-refractivity contribution in [3.63, 3.8) is 0 Å². The Hall–Kier alpha value is -1.86. The van der Waals surface area contributed by atoms with Crippen LogP contribution in [0.3, 0.4) is 0 Å². The summed E-state index contributed by atoms with van der Waals surface area (Å²) in [5, 5.41) is 4.40. The molecule has 0 aliphatic rings. The van der Waals surface area contributed by atoms with Gasteiger partial charge in [-0.25, -0.2) is 13.1 Å². The van der Waals surface area contributed by atoms with Crippen LogP contribution in [0, 0.1) is 27.7 Å². The molecule has 0 aliphatic carbocycles. The maximum atomic E-state index is 12.3. The fourth-order valence-electron chi connectivity index (χ4n) is 2.39. The van der Waals surface area contributed by atoms with E-state index in [1.54, 1.807) is 25.3 Å². The van der Waals surface area contributed by atoms with E-state index in [9.17, 15) is 8.42 Å². The van der Waals surface area contributed by atoms with Crippen LogP contribution in [0.1, 0.15) is 22.5 Å². The van der Waals surface area contributed by atoms with E-state index in [0.29, 0.717) is 12.3 Å². The third kappa shape index (κ3) is 3.73. The molecule has 0 saturated heterocycles. The molecule has 1 aromatic carbocycles. The molecular formula is C16H23N3O3S. The van der Waals surface area contributed by atoms with Gasteiger partial charge < -0.3 is 4.74 Å². The summed E-state index contributed by atoms with van der Waals surface area (Å²) in [6.45, 7) is 8.54. The Morgan fingerprint density at radius 1 is 1.22 bits per heavy atom. The molecule has 7 heteroatoms. The Morgan fingerprint density at radius 3 is 2.43 bits per heavy atom. The van der Waals surface area contributed by atoms with E-state index in [1.165, 1.54) is 0 Å². The summed E-state index contributed by atoms with van der Waals surface area (Å²) in [6, 6.07) is 4.81. The van der Waals surface area contributed by atoms with Crippen molar-refractivity contribution >= 4 is 10.0 Å². The smallest absolute Gasteiger partial charge is 0.240 e. The minimum Gasteiger partial charge on any atom is -0.496 e. The summed E-state index contributed by atoms with van der Waals surface area (Å²) in [5.41, 5.74) is 3.95. The van der Waals surface area contributed by atoms with Gasteiger partial charge in [-0.05, 0) is 57.0 Å². The van der Waals surface area contributed by atoms with Gasteiger partial charge in [0.2, 0.25) is 10.0 Å². The quantitative estimate of drug-likeness (QED) is 0.876. The maximum absolute atomic E-state index is 12.3. The lowest BCUT2D eigenvalue weighted by atomic mass is 10.2. The fraction of sp³-hybridized carbons (Fsp3) is 0.438. The third-order valence-electron chi connectivity index (χ3n) is 4.04. The molecule has 6 nitrogen and oxygen atoms in total. The van der Waals surface area contributed by atoms with E-state index < -0.39 is 10.0 Å². The number of nitrogens with zero attached hydrogens (tertiary/aromatic N) is 2. The Kier molecular flexibility index (Phi) is 5.11. The number of ether oxygens (including phenoxy) is 1. The molecule has 0 bridgehead atoms. The zero-order chi connectivity index (χ0) is 17.2. The number of aryl methyl sites for hydroxylation is 2. The molecule has 0 unspecified atom stereocenters. The molecule has 2 aromatic rings. The minimum atomic E-state index is -3.54. The fourth-order valence-corrected chi connectivity index (χ4v) is 3.50. The molecule has 1 heterocycles. The molecule has 2 rings (SSSR count). The van der Waals surface area contributed by atoms with E-state index in [1.807, 2.05) is 32.4 Å². The van der Waals surface area contributed by atoms with Crippen molar-refractivity contribution in [3.05, 3.63) is 40.7 Å². The van der Waals surface area contributed by atoms with Crippen LogP contribution in [0.5, 0.6) is 5.75 Å². The summed E-state index contributed by atoms with van der Waals surface area (Å²) >= 11 is 0. The van der Waals surface area contributed by atoms with Gasteiger partial charge in [-0.15, -0.1) is 0 Å². The molecule has 1 N–H and O–H groups in total. The van der Waals surface area contributed by atoms with Crippen LogP contribution in [-0.2, 0) is 16.6 Å². The molecule has 0 saturated carbocycles. The molecule has 0 fully saturated rings. The van der Waals surface area contributed by atoms with Crippen molar-refractivity contribution in [1.29, 1.82) is 0 Å². The highest BCUT2D eigenvalue weighted by molar-refractivity contribution is 7.89. The number of sulfonamides is 1. The highest BCUT2D eigenvalue weighted by Crippen LogP contribution is 2.21. The van der Waals surface area contributed by atoms with Crippen LogP contribution in [0.15, 0.2) is 23.1 Å². The van der Waals surface area contributed by atoms with Crippen molar-refractivity contribution < 1.29 is 13.2 Å². The molecule has 0 spiro atoms. The topological polar surface area (TPSA) is 73.2 Å². The maximum Gasteiger partial charge on any atom is 0.240 e. The number of rotatable bonds is 6. The van der Waals surface area contributed by atoms with Gasteiger partial charge in [-0.3, -0.25) is 4.68 Å². The van der Waals surface area contributed by atoms with E-state index in [4.69, 9.17) is 4.74 Å². The molecule has 0 radical (unpaired) electrons. The number of nitrogens with one attached hydrogen (secondary N) is 1. The zero-order valence-corrected chi connectivity index (χ0v) is 15.0. The minimum absolute atomic E-state index is 0.236. The Bertz CT molecular complexity index is 810. The van der Waals surface area contributed by atoms with Crippen LogP contribution < -0.4 is 9.46 Å². The highest BCUT2D eigenvalue weighted by atomic mass is 32.2. The first kappa shape index (κ1) is 17.5. The van der Waals surface area contributed by atoms with Crippen molar-refractivity contribution in [1.82, 2.24) is 14.5 Å². The average molecular weight is 337 g/mol. The normalized spacial score (nSPS) is 11.7. The lowest BCUT2D eigenvalue weighted by Gasteiger charge is -2.10. The first-order valence-corrected chi connectivity index (χ1v) is 8.89. The highest BCUT2D eigenvalue weighted by Gasteiger charge is 2.15. The second-order valence-corrected chi connectivity index (χ2v) is 7.32. The van der Waals surface area contributed by atoms with Gasteiger partial charge in [0, 0.05) is 12.2 Å². The van der Waals surface area contributed by atoms with Gasteiger partial charge in [0.15, 0.2) is 0 Å². The lowest BCUT2D eigenvalue weighted by molar-refractivity contribution is 0.411. The van der Waals surface area contributed by atoms with Crippen molar-refractivity contribution in [2.24, 2.45) is 0 Å². The summed E-state index contributed by atoms with van der Waals surface area (Å²) in [7, 11) is -1.98.